The molecular formula is C22H24N8O7S3. The molecule has 4 heterocycles. The molecule has 0 radical (unpaired) electrons. The molecule has 2 aromatic rings. The van der Waals surface area contributed by atoms with Gasteiger partial charge in [-0.25, -0.2) is 14.3 Å². The Labute approximate surface area is 239 Å². The fraction of sp³-hybridized carbons (Fsp3) is 0.364. The van der Waals surface area contributed by atoms with Gasteiger partial charge in [-0.05, 0) is 28.7 Å². The number of thioether (sulfide) groups is 2. The van der Waals surface area contributed by atoms with E-state index in [9.17, 15) is 29.4 Å². The van der Waals surface area contributed by atoms with Gasteiger partial charge in [0.2, 0.25) is 11.9 Å². The van der Waals surface area contributed by atoms with E-state index in [2.05, 4.69) is 20.4 Å². The third kappa shape index (κ3) is 5.97. The van der Waals surface area contributed by atoms with Crippen LogP contribution in [0.15, 0.2) is 39.2 Å². The zero-order valence-electron chi connectivity index (χ0n) is 21.1. The van der Waals surface area contributed by atoms with Crippen LogP contribution in [0.3, 0.4) is 0 Å². The highest BCUT2D eigenvalue weighted by Gasteiger charge is 2.53. The molecule has 0 bridgehead atoms. The number of thiazole rings is 1. The molecule has 2 aromatic heterocycles. The average Bonchev–Trinajstić information content (AvgIpc) is 3.34. The first kappa shape index (κ1) is 29.1. The zero-order chi connectivity index (χ0) is 29.1. The number of aryl methyl sites for hydroxylation is 1. The fourth-order valence-electron chi connectivity index (χ4n) is 3.77. The van der Waals surface area contributed by atoms with E-state index in [1.54, 1.807) is 30.8 Å². The van der Waals surface area contributed by atoms with Crippen molar-refractivity contribution >= 4 is 75.3 Å². The number of carbonyl (C=O) groups excluding carboxylic acids is 3. The molecule has 0 saturated carbocycles. The van der Waals surface area contributed by atoms with E-state index in [-0.39, 0.29) is 40.2 Å². The van der Waals surface area contributed by atoms with E-state index in [0.717, 1.165) is 16.2 Å². The van der Waals surface area contributed by atoms with Crippen molar-refractivity contribution < 1.29 is 38.8 Å². The zero-order valence-corrected chi connectivity index (χ0v) is 23.5. The van der Waals surface area contributed by atoms with Gasteiger partial charge in [0, 0.05) is 23.0 Å². The first-order valence-electron chi connectivity index (χ1n) is 11.6. The topological polar surface area (TPSA) is 230 Å². The molecule has 0 spiro atoms. The third-order valence-corrected chi connectivity index (χ3v) is 8.94. The number of anilines is 2. The first-order valence-corrected chi connectivity index (χ1v) is 14.5. The Morgan fingerprint density at radius 1 is 1.40 bits per heavy atom. The van der Waals surface area contributed by atoms with Crippen LogP contribution in [0, 0.1) is 0 Å². The van der Waals surface area contributed by atoms with Crippen molar-refractivity contribution in [3.8, 4) is 0 Å². The van der Waals surface area contributed by atoms with Gasteiger partial charge >= 0.3 is 11.1 Å². The summed E-state index contributed by atoms with van der Waals surface area (Å²) in [6, 6.07) is 0.543. The summed E-state index contributed by atoms with van der Waals surface area (Å²) in [6.07, 6.45) is 0.487. The number of hydrogen-bond acceptors (Lipinski definition) is 14. The number of carboxylic acids is 2. The standard InChI is InChI=1S/C22H24N8O7S3/c1-3-11(19(33)34)37-28-13(10-8-39-21(24)25-10)16(31)27-14-17(32)30-15(20(35)36)9(6-38-18(14)30)7-40-22-26-12(23)4-5-29(22)2/h4-5,8,11,14,18,23H,3,6-7H2,1-2H3,(H5,24,25,27,31,33,34,35,36)/b28-13-/t11-,14?,18+/m0/s1. The van der Waals surface area contributed by atoms with Gasteiger partial charge < -0.3 is 36.6 Å². The van der Waals surface area contributed by atoms with Gasteiger partial charge in [-0.3, -0.25) is 14.5 Å². The molecule has 4 rings (SSSR count). The Morgan fingerprint density at radius 3 is 2.77 bits per heavy atom. The number of carboxylic acid groups (broad SMARTS) is 2. The maximum atomic E-state index is 13.2. The average molecular weight is 609 g/mol. The van der Waals surface area contributed by atoms with Crippen LogP contribution in [0.1, 0.15) is 19.0 Å². The van der Waals surface area contributed by atoms with Crippen LogP contribution in [0.25, 0.3) is 0 Å². The molecule has 0 aromatic carbocycles. The Morgan fingerprint density at radius 2 is 2.15 bits per heavy atom. The predicted octanol–water partition coefficient (Wildman–Crippen LogP) is -1.69. The quantitative estimate of drug-likeness (QED) is 0.0558. The fourth-order valence-corrected chi connectivity index (χ4v) is 6.77. The minimum Gasteiger partial charge on any atom is -0.543 e. The highest BCUT2D eigenvalue weighted by molar-refractivity contribution is 8.01. The lowest BCUT2D eigenvalue weighted by Crippen LogP contribution is -2.71. The van der Waals surface area contributed by atoms with Crippen molar-refractivity contribution in [2.75, 3.05) is 23.0 Å². The molecule has 2 aliphatic heterocycles. The number of carbonyl (C=O) groups is 4. The van der Waals surface area contributed by atoms with Gasteiger partial charge in [-0.2, -0.15) is 0 Å². The molecule has 0 aliphatic carbocycles. The van der Waals surface area contributed by atoms with Crippen LogP contribution in [-0.2, 0) is 31.1 Å². The molecule has 40 heavy (non-hydrogen) atoms. The first-order chi connectivity index (χ1) is 19.0. The summed E-state index contributed by atoms with van der Waals surface area (Å²) in [6.45, 7) is 1.57. The molecule has 2 amide bonds. The number of hydrogen-bond donors (Lipinski definition) is 4. The number of amides is 2. The molecule has 6 N–H and O–H groups in total. The monoisotopic (exact) mass is 608 g/mol. The van der Waals surface area contributed by atoms with Crippen molar-refractivity contribution in [2.45, 2.75) is 36.0 Å². The minimum atomic E-state index is -1.52. The summed E-state index contributed by atoms with van der Waals surface area (Å²) >= 11 is 3.55. The summed E-state index contributed by atoms with van der Waals surface area (Å²) < 4.78 is 1.73. The largest absolute Gasteiger partial charge is 0.543 e. The lowest BCUT2D eigenvalue weighted by molar-refractivity contribution is -0.713. The smallest absolute Gasteiger partial charge is 0.361 e. The van der Waals surface area contributed by atoms with Crippen molar-refractivity contribution in [2.24, 2.45) is 12.2 Å². The summed E-state index contributed by atoms with van der Waals surface area (Å²) in [5.74, 6) is -3.53. The van der Waals surface area contributed by atoms with E-state index in [1.165, 1.54) is 28.9 Å². The Bertz CT molecular complexity index is 1430. The highest BCUT2D eigenvalue weighted by Crippen LogP contribution is 2.41. The molecule has 2 aliphatic rings. The Balaban J connectivity index is 1.52. The molecule has 1 fully saturated rings. The van der Waals surface area contributed by atoms with Crippen LogP contribution < -0.4 is 26.5 Å². The molecule has 15 nitrogen and oxygen atoms in total. The second-order valence-corrected chi connectivity index (χ2v) is 11.4. The maximum absolute atomic E-state index is 13.2. The lowest BCUT2D eigenvalue weighted by atomic mass is 10.0. The van der Waals surface area contributed by atoms with Gasteiger partial charge in [0.15, 0.2) is 10.8 Å². The van der Waals surface area contributed by atoms with Crippen LogP contribution in [0.5, 0.6) is 0 Å². The Kier molecular flexibility index (Phi) is 8.79. The number of rotatable bonds is 11. The van der Waals surface area contributed by atoms with Gasteiger partial charge in [0.1, 0.15) is 17.1 Å². The van der Waals surface area contributed by atoms with E-state index >= 15 is 0 Å². The van der Waals surface area contributed by atoms with Crippen molar-refractivity contribution in [3.05, 3.63) is 34.6 Å². The number of nitrogens with one attached hydrogen (secondary N) is 1. The second-order valence-electron chi connectivity index (χ2n) is 8.49. The predicted molar refractivity (Wildman–Crippen MR) is 143 cm³/mol. The maximum Gasteiger partial charge on any atom is 0.361 e. The van der Waals surface area contributed by atoms with Gasteiger partial charge in [0.25, 0.3) is 11.8 Å². The second kappa shape index (κ2) is 12.1. The number of nitrogens with two attached hydrogens (primary N) is 2. The van der Waals surface area contributed by atoms with Gasteiger partial charge in [-0.1, -0.05) is 12.1 Å². The van der Waals surface area contributed by atoms with Crippen molar-refractivity contribution in [1.29, 1.82) is 0 Å². The Hall–Kier alpha value is -3.90. The van der Waals surface area contributed by atoms with E-state index < -0.39 is 41.3 Å². The number of β-lactam (4-membered cyclic amide) rings is 1. The number of nitrogens with zero attached hydrogens (tertiary/aromatic N) is 5. The molecule has 212 valence electrons. The normalized spacial score (nSPS) is 19.5. The lowest BCUT2D eigenvalue weighted by Gasteiger charge is -2.50. The molecule has 1 unspecified atom stereocenters. The van der Waals surface area contributed by atoms with Crippen LogP contribution >= 0.6 is 34.9 Å². The molecular weight excluding hydrogens is 584 g/mol. The molecule has 3 atom stereocenters. The minimum absolute atomic E-state index is 0.0260. The summed E-state index contributed by atoms with van der Waals surface area (Å²) in [4.78, 5) is 64.0. The number of aromatic nitrogens is 3. The summed E-state index contributed by atoms with van der Waals surface area (Å²) in [5, 5.41) is 28.9. The van der Waals surface area contributed by atoms with E-state index in [0.29, 0.717) is 16.5 Å². The van der Waals surface area contributed by atoms with Gasteiger partial charge in [-0.15, -0.1) is 23.1 Å². The number of aliphatic carboxylic acids is 2. The number of fused-ring (bicyclic) bond motifs is 1. The molecule has 1 saturated heterocycles. The van der Waals surface area contributed by atoms with Crippen molar-refractivity contribution in [3.63, 3.8) is 0 Å². The highest BCUT2D eigenvalue weighted by atomic mass is 32.2. The SMILES string of the molecule is CC[C@H](O/N=C(\C(=O)NC1C(=O)N2C(C(=O)[O-])=C(CSc3nc(N)cc[n+]3C)CS[C@H]12)c1csc(N)n1)C(=O)O. The van der Waals surface area contributed by atoms with E-state index in [1.807, 2.05) is 0 Å². The summed E-state index contributed by atoms with van der Waals surface area (Å²) in [7, 11) is 1.77. The van der Waals surface area contributed by atoms with Gasteiger partial charge in [0.05, 0.1) is 24.9 Å². The molecule has 18 heteroatoms. The van der Waals surface area contributed by atoms with Crippen molar-refractivity contribution in [1.82, 2.24) is 20.2 Å². The number of nitrogen functional groups attached to an aromatic ring is 2. The van der Waals surface area contributed by atoms with Crippen LogP contribution in [-0.4, -0.2) is 78.5 Å². The van der Waals surface area contributed by atoms with Crippen LogP contribution in [0.2, 0.25) is 0 Å². The van der Waals surface area contributed by atoms with Crippen LogP contribution in [0.4, 0.5) is 10.9 Å². The van der Waals surface area contributed by atoms with E-state index in [4.69, 9.17) is 16.3 Å². The third-order valence-electron chi connectivity index (χ3n) is 5.80. The summed E-state index contributed by atoms with van der Waals surface area (Å²) in [5.41, 5.74) is 11.3. The number of oxime groups is 1.